The fourth-order valence-electron chi connectivity index (χ4n) is 2.09. The second-order valence-electron chi connectivity index (χ2n) is 4.89. The summed E-state index contributed by atoms with van der Waals surface area (Å²) in [5, 5.41) is 11.7. The molecule has 1 aliphatic carbocycles. The Morgan fingerprint density at radius 3 is 2.81 bits per heavy atom. The molecule has 2 rings (SSSR count). The second kappa shape index (κ2) is 4.65. The fraction of sp³-hybridized carbons (Fsp3) is 0.818. The maximum Gasteiger partial charge on any atom is 0.303 e. The van der Waals surface area contributed by atoms with Crippen molar-refractivity contribution >= 4 is 23.6 Å². The molecule has 1 amide bonds. The number of carbonyl (C=O) groups is 2. The molecule has 0 spiro atoms. The molecule has 5 heteroatoms. The third-order valence-corrected chi connectivity index (χ3v) is 4.75. The van der Waals surface area contributed by atoms with E-state index in [2.05, 4.69) is 5.32 Å². The lowest BCUT2D eigenvalue weighted by Crippen LogP contribution is -2.27. The number of hydrogen-bond acceptors (Lipinski definition) is 3. The molecule has 90 valence electrons. The molecule has 0 bridgehead atoms. The summed E-state index contributed by atoms with van der Waals surface area (Å²) in [7, 11) is 0. The van der Waals surface area contributed by atoms with Gasteiger partial charge in [0, 0.05) is 18.2 Å². The number of amides is 1. The summed E-state index contributed by atoms with van der Waals surface area (Å²) in [5.74, 6) is 1.31. The van der Waals surface area contributed by atoms with E-state index in [-0.39, 0.29) is 11.3 Å². The molecule has 2 aliphatic rings. The van der Waals surface area contributed by atoms with Crippen LogP contribution in [0.4, 0.5) is 0 Å². The number of carboxylic acid groups (broad SMARTS) is 1. The highest BCUT2D eigenvalue weighted by Crippen LogP contribution is 2.51. The van der Waals surface area contributed by atoms with Gasteiger partial charge in [-0.1, -0.05) is 0 Å². The Kier molecular flexibility index (Phi) is 3.42. The molecule has 1 saturated heterocycles. The Bertz CT molecular complexity index is 302. The largest absolute Gasteiger partial charge is 0.481 e. The Hall–Kier alpha value is -0.710. The highest BCUT2D eigenvalue weighted by atomic mass is 32.2. The van der Waals surface area contributed by atoms with E-state index in [4.69, 9.17) is 5.11 Å². The monoisotopic (exact) mass is 243 g/mol. The van der Waals surface area contributed by atoms with Crippen molar-refractivity contribution in [2.45, 2.75) is 38.1 Å². The van der Waals surface area contributed by atoms with Crippen LogP contribution >= 0.6 is 11.8 Å². The summed E-state index contributed by atoms with van der Waals surface area (Å²) in [6.45, 7) is 0. The van der Waals surface area contributed by atoms with Crippen LogP contribution in [0.25, 0.3) is 0 Å². The van der Waals surface area contributed by atoms with Crippen LogP contribution in [0, 0.1) is 5.41 Å². The van der Waals surface area contributed by atoms with Gasteiger partial charge in [0.2, 0.25) is 5.91 Å². The molecule has 2 fully saturated rings. The summed E-state index contributed by atoms with van der Waals surface area (Å²) >= 11 is 1.79. The van der Waals surface area contributed by atoms with E-state index in [0.29, 0.717) is 18.9 Å². The molecule has 0 aromatic heterocycles. The van der Waals surface area contributed by atoms with E-state index < -0.39 is 5.97 Å². The zero-order valence-corrected chi connectivity index (χ0v) is 10.0. The van der Waals surface area contributed by atoms with Gasteiger partial charge in [0.15, 0.2) is 0 Å². The molecular formula is C11H17NO3S. The third-order valence-electron chi connectivity index (χ3n) is 3.30. The van der Waals surface area contributed by atoms with Crippen LogP contribution in [0.3, 0.4) is 0 Å². The molecule has 1 heterocycles. The van der Waals surface area contributed by atoms with Gasteiger partial charge < -0.3 is 10.4 Å². The maximum atomic E-state index is 11.0. The van der Waals surface area contributed by atoms with Gasteiger partial charge in [-0.2, -0.15) is 11.8 Å². The van der Waals surface area contributed by atoms with Crippen LogP contribution < -0.4 is 5.32 Å². The predicted octanol–water partition coefficient (Wildman–Crippen LogP) is 1.25. The van der Waals surface area contributed by atoms with E-state index in [1.807, 2.05) is 0 Å². The van der Waals surface area contributed by atoms with E-state index in [1.54, 1.807) is 11.8 Å². The van der Waals surface area contributed by atoms with Crippen molar-refractivity contribution in [3.8, 4) is 0 Å². The van der Waals surface area contributed by atoms with Crippen molar-refractivity contribution in [1.29, 1.82) is 0 Å². The van der Waals surface area contributed by atoms with Gasteiger partial charge in [-0.05, 0) is 30.4 Å². The predicted molar refractivity (Wildman–Crippen MR) is 62.4 cm³/mol. The molecule has 16 heavy (non-hydrogen) atoms. The van der Waals surface area contributed by atoms with Gasteiger partial charge in [-0.15, -0.1) is 0 Å². The van der Waals surface area contributed by atoms with Gasteiger partial charge in [-0.3, -0.25) is 9.59 Å². The van der Waals surface area contributed by atoms with Crippen molar-refractivity contribution in [2.24, 2.45) is 5.41 Å². The topological polar surface area (TPSA) is 66.4 Å². The number of nitrogens with one attached hydrogen (secondary N) is 1. The van der Waals surface area contributed by atoms with E-state index in [0.717, 1.165) is 30.8 Å². The molecule has 0 aromatic carbocycles. The first-order chi connectivity index (χ1) is 7.60. The van der Waals surface area contributed by atoms with Gasteiger partial charge in [-0.25, -0.2) is 0 Å². The van der Waals surface area contributed by atoms with Crippen LogP contribution in [0.5, 0.6) is 0 Å². The molecule has 1 atom stereocenters. The lowest BCUT2D eigenvalue weighted by Gasteiger charge is -2.14. The Morgan fingerprint density at radius 2 is 2.31 bits per heavy atom. The average molecular weight is 243 g/mol. The average Bonchev–Trinajstić information content (AvgIpc) is 2.80. The van der Waals surface area contributed by atoms with Gasteiger partial charge >= 0.3 is 5.97 Å². The summed E-state index contributed by atoms with van der Waals surface area (Å²) in [6.07, 6.45) is 3.97. The maximum absolute atomic E-state index is 11.0. The van der Waals surface area contributed by atoms with Crippen LogP contribution in [-0.4, -0.2) is 34.5 Å². The Morgan fingerprint density at radius 1 is 1.56 bits per heavy atom. The molecule has 1 saturated carbocycles. The quantitative estimate of drug-likeness (QED) is 0.737. The normalized spacial score (nSPS) is 26.5. The van der Waals surface area contributed by atoms with Crippen molar-refractivity contribution in [3.63, 3.8) is 0 Å². The summed E-state index contributed by atoms with van der Waals surface area (Å²) < 4.78 is 0. The van der Waals surface area contributed by atoms with Crippen molar-refractivity contribution in [1.82, 2.24) is 5.32 Å². The zero-order chi connectivity index (χ0) is 11.6. The number of aliphatic carboxylic acids is 1. The lowest BCUT2D eigenvalue weighted by atomic mass is 10.1. The number of thioether (sulfide) groups is 1. The minimum absolute atomic E-state index is 0.0686. The van der Waals surface area contributed by atoms with Crippen LogP contribution in [0.1, 0.15) is 32.1 Å². The van der Waals surface area contributed by atoms with Crippen molar-refractivity contribution in [3.05, 3.63) is 0 Å². The van der Waals surface area contributed by atoms with Crippen molar-refractivity contribution in [2.75, 3.05) is 11.5 Å². The van der Waals surface area contributed by atoms with Gasteiger partial charge in [0.25, 0.3) is 0 Å². The highest BCUT2D eigenvalue weighted by Gasteiger charge is 2.44. The molecule has 4 nitrogen and oxygen atoms in total. The smallest absolute Gasteiger partial charge is 0.303 e. The minimum Gasteiger partial charge on any atom is -0.481 e. The van der Waals surface area contributed by atoms with Crippen LogP contribution in [0.2, 0.25) is 0 Å². The van der Waals surface area contributed by atoms with Crippen LogP contribution in [-0.2, 0) is 9.59 Å². The highest BCUT2D eigenvalue weighted by molar-refractivity contribution is 7.99. The SMILES string of the molecule is O=C(O)CC1(CSCC2CCC(=O)N2)CC1. The van der Waals surface area contributed by atoms with Crippen LogP contribution in [0.15, 0.2) is 0 Å². The second-order valence-corrected chi connectivity index (χ2v) is 5.92. The fourth-order valence-corrected chi connectivity index (χ4v) is 3.57. The number of carbonyl (C=O) groups excluding carboxylic acids is 1. The Balaban J connectivity index is 1.64. The number of hydrogen-bond donors (Lipinski definition) is 2. The number of rotatable bonds is 6. The molecule has 1 unspecified atom stereocenters. The molecular weight excluding hydrogens is 226 g/mol. The first-order valence-electron chi connectivity index (χ1n) is 5.69. The summed E-state index contributed by atoms with van der Waals surface area (Å²) in [5.41, 5.74) is 0.0686. The first-order valence-corrected chi connectivity index (χ1v) is 6.84. The summed E-state index contributed by atoms with van der Waals surface area (Å²) in [4.78, 5) is 21.6. The first kappa shape index (κ1) is 11.8. The van der Waals surface area contributed by atoms with E-state index in [9.17, 15) is 9.59 Å². The molecule has 2 N–H and O–H groups in total. The minimum atomic E-state index is -0.688. The molecule has 1 aliphatic heterocycles. The molecule has 0 radical (unpaired) electrons. The zero-order valence-electron chi connectivity index (χ0n) is 9.20. The lowest BCUT2D eigenvalue weighted by molar-refractivity contribution is -0.138. The van der Waals surface area contributed by atoms with E-state index >= 15 is 0 Å². The van der Waals surface area contributed by atoms with Gasteiger partial charge in [0.1, 0.15) is 0 Å². The summed E-state index contributed by atoms with van der Waals surface area (Å²) in [6, 6.07) is 0.304. The van der Waals surface area contributed by atoms with Gasteiger partial charge in [0.05, 0.1) is 6.42 Å². The number of carboxylic acids is 1. The third kappa shape index (κ3) is 3.14. The Labute approximate surface area is 99.2 Å². The van der Waals surface area contributed by atoms with E-state index in [1.165, 1.54) is 0 Å². The standard InChI is InChI=1S/C11H17NO3S/c13-9-2-1-8(12-9)6-16-7-11(3-4-11)5-10(14)15/h8H,1-7H2,(H,12,13)(H,14,15). The van der Waals surface area contributed by atoms with Crippen molar-refractivity contribution < 1.29 is 14.7 Å². The molecule has 0 aromatic rings.